The normalized spacial score (nSPS) is 12.5. The van der Waals surface area contributed by atoms with Gasteiger partial charge in [-0.2, -0.15) is 0 Å². The van der Waals surface area contributed by atoms with Gasteiger partial charge in [-0.1, -0.05) is 45.9 Å². The topological polar surface area (TPSA) is 298 Å². The second kappa shape index (κ2) is 30.1. The predicted octanol–water partition coefficient (Wildman–Crippen LogP) is -0.544. The number of benzene rings is 2. The molecule has 0 aliphatic rings. The van der Waals surface area contributed by atoms with E-state index < -0.39 is 109 Å². The van der Waals surface area contributed by atoms with E-state index in [0.717, 1.165) is 62.2 Å². The summed E-state index contributed by atoms with van der Waals surface area (Å²) in [6, 6.07) is 7.70. The van der Waals surface area contributed by atoms with E-state index in [2.05, 4.69) is 41.4 Å². The van der Waals surface area contributed by atoms with Crippen LogP contribution < -0.4 is 41.4 Å². The quantitative estimate of drug-likeness (QED) is 0.0215. The molecule has 0 fully saturated rings. The maximum atomic E-state index is 13.3. The highest BCUT2D eigenvalue weighted by Gasteiger charge is 2.30. The number of amides is 6. The summed E-state index contributed by atoms with van der Waals surface area (Å²) in [5.74, 6) is -7.75. The lowest BCUT2D eigenvalue weighted by molar-refractivity contribution is -0.146. The van der Waals surface area contributed by atoms with E-state index >= 15 is 0 Å². The average Bonchev–Trinajstić information content (AvgIpc) is 3.32. The molecule has 0 aliphatic carbocycles. The van der Waals surface area contributed by atoms with E-state index in [1.165, 1.54) is 26.4 Å². The second-order valence-corrected chi connectivity index (χ2v) is 15.7. The van der Waals surface area contributed by atoms with Gasteiger partial charge in [0.25, 0.3) is 0 Å². The molecule has 0 saturated heterocycles. The molecule has 2 aromatic rings. The Morgan fingerprint density at radius 2 is 0.833 bits per heavy atom. The first-order chi connectivity index (χ1) is 31.5. The van der Waals surface area contributed by atoms with E-state index in [0.29, 0.717) is 22.6 Å². The van der Waals surface area contributed by atoms with Crippen molar-refractivity contribution in [3.63, 3.8) is 0 Å². The maximum absolute atomic E-state index is 13.3. The Bertz CT molecular complexity index is 1920. The van der Waals surface area contributed by atoms with E-state index in [1.54, 1.807) is 48.5 Å². The zero-order valence-electron chi connectivity index (χ0n) is 36.8. The number of rotatable bonds is 27. The van der Waals surface area contributed by atoms with Gasteiger partial charge >= 0.3 is 23.9 Å². The van der Waals surface area contributed by atoms with Gasteiger partial charge in [-0.3, -0.25) is 38.4 Å². The predicted molar refractivity (Wildman–Crippen MR) is 240 cm³/mol. The van der Waals surface area contributed by atoms with Crippen LogP contribution in [0.5, 0.6) is 11.5 Å². The fourth-order valence-corrected chi connectivity index (χ4v) is 7.40. The van der Waals surface area contributed by atoms with Crippen molar-refractivity contribution in [3.05, 3.63) is 71.8 Å². The third kappa shape index (κ3) is 21.1. The van der Waals surface area contributed by atoms with Gasteiger partial charge in [-0.15, -0.1) is 0 Å². The molecule has 0 radical (unpaired) electrons. The van der Waals surface area contributed by atoms with Gasteiger partial charge in [0.15, 0.2) is 0 Å². The van der Waals surface area contributed by atoms with E-state index in [1.807, 2.05) is 0 Å². The van der Waals surface area contributed by atoms with Crippen molar-refractivity contribution in [1.29, 1.82) is 0 Å². The Morgan fingerprint density at radius 1 is 0.485 bits per heavy atom. The van der Waals surface area contributed by atoms with Crippen molar-refractivity contribution in [2.45, 2.75) is 37.0 Å². The number of esters is 4. The Kier molecular flexibility index (Phi) is 25.1. The van der Waals surface area contributed by atoms with Crippen molar-refractivity contribution in [2.75, 3.05) is 67.3 Å². The first-order valence-electron chi connectivity index (χ1n) is 19.5. The number of hydrogen-bond acceptors (Lipinski definition) is 18. The molecule has 24 heteroatoms. The van der Waals surface area contributed by atoms with Crippen molar-refractivity contribution < 1.29 is 76.4 Å². The molecular weight excluding hydrogens is 909 g/mol. The molecule has 0 saturated carbocycles. The fourth-order valence-electron chi connectivity index (χ4n) is 5.07. The van der Waals surface area contributed by atoms with Crippen LogP contribution in [-0.2, 0) is 66.9 Å². The summed E-state index contributed by atoms with van der Waals surface area (Å²) in [7, 11) is 9.16. The zero-order valence-corrected chi connectivity index (χ0v) is 38.5. The Balaban J connectivity index is 2.17. The van der Waals surface area contributed by atoms with Crippen LogP contribution in [0.15, 0.2) is 60.7 Å². The van der Waals surface area contributed by atoms with Gasteiger partial charge < -0.3 is 60.3 Å². The molecule has 0 bridgehead atoms. The minimum absolute atomic E-state index is 0.228. The molecule has 2 rings (SSSR count). The summed E-state index contributed by atoms with van der Waals surface area (Å²) in [6.07, 6.45) is 3.85. The first kappa shape index (κ1) is 55.1. The minimum Gasteiger partial charge on any atom is -0.497 e. The van der Waals surface area contributed by atoms with Gasteiger partial charge in [0.1, 0.15) is 48.8 Å². The van der Waals surface area contributed by atoms with Crippen LogP contribution in [0.2, 0.25) is 0 Å². The van der Waals surface area contributed by atoms with Crippen molar-refractivity contribution in [3.8, 4) is 11.5 Å². The molecule has 2 aromatic carbocycles. The molecule has 358 valence electrons. The Morgan fingerprint density at radius 3 is 1.14 bits per heavy atom. The third-order valence-corrected chi connectivity index (χ3v) is 11.0. The number of methoxy groups -OCH3 is 6. The van der Waals surface area contributed by atoms with Gasteiger partial charge in [-0.05, 0) is 47.5 Å². The summed E-state index contributed by atoms with van der Waals surface area (Å²) in [4.78, 5) is 127. The zero-order chi connectivity index (χ0) is 49.0. The van der Waals surface area contributed by atoms with E-state index in [9.17, 15) is 47.9 Å². The SMILES string of the molecule is COC(=O)CNC(=O)[C@H](CSSC[C@H](NC(=O)C[C@H](NC(=O)/C=C/c1ccc(OC)cc1)C(=O)OC)C(=O)NCC(=O)OC)NC(=O)C[C@H](NC(=O)/C=C/c1ccc(OC)cc1)C(=O)OC. The Labute approximate surface area is 387 Å². The van der Waals surface area contributed by atoms with Crippen LogP contribution >= 0.6 is 21.6 Å². The second-order valence-electron chi connectivity index (χ2n) is 13.2. The van der Waals surface area contributed by atoms with Crippen LogP contribution in [0.3, 0.4) is 0 Å². The first-order valence-corrected chi connectivity index (χ1v) is 22.0. The summed E-state index contributed by atoms with van der Waals surface area (Å²) in [5.41, 5.74) is 1.27. The molecule has 22 nitrogen and oxygen atoms in total. The standard InChI is InChI=1S/C42H52N6O16S2/c1-59-27-13-7-25(8-14-27)11-17-33(49)45-29(41(57)63-5)19-35(51)47-31(39(55)43-21-37(53)61-3)23-65-66-24-32(40(56)44-22-38(54)62-4)48-36(52)20-30(42(58)64-6)46-34(50)18-12-26-9-15-28(60-2)16-10-26/h7-18,29-32H,19-24H2,1-6H3,(H,43,55)(H,44,56)(H,45,49)(H,46,50)(H,47,51)(H,48,52)/b17-11+,18-12+/t29-,30-,31-,32-/m0/s1. The van der Waals surface area contributed by atoms with Gasteiger partial charge in [0, 0.05) is 23.7 Å². The molecular formula is C42H52N6O16S2. The number of carbonyl (C=O) groups is 10. The number of carbonyl (C=O) groups excluding carboxylic acids is 10. The Hall–Kier alpha value is -7.08. The highest BCUT2D eigenvalue weighted by Crippen LogP contribution is 2.23. The van der Waals surface area contributed by atoms with Crippen LogP contribution in [-0.4, -0.2) is 151 Å². The lowest BCUT2D eigenvalue weighted by Gasteiger charge is -2.21. The highest BCUT2D eigenvalue weighted by atomic mass is 33.1. The maximum Gasteiger partial charge on any atom is 0.328 e. The lowest BCUT2D eigenvalue weighted by Crippen LogP contribution is -2.52. The van der Waals surface area contributed by atoms with Crippen LogP contribution in [0.4, 0.5) is 0 Å². The molecule has 0 aliphatic heterocycles. The summed E-state index contributed by atoms with van der Waals surface area (Å²) >= 11 is 0. The molecule has 0 heterocycles. The summed E-state index contributed by atoms with van der Waals surface area (Å²) < 4.78 is 28.9. The highest BCUT2D eigenvalue weighted by molar-refractivity contribution is 8.76. The molecule has 4 atom stereocenters. The number of nitrogens with one attached hydrogen (secondary N) is 6. The molecule has 0 spiro atoms. The fraction of sp³-hybridized carbons (Fsp3) is 0.381. The van der Waals surface area contributed by atoms with Gasteiger partial charge in [-0.25, -0.2) is 9.59 Å². The van der Waals surface area contributed by atoms with Crippen LogP contribution in [0, 0.1) is 0 Å². The van der Waals surface area contributed by atoms with E-state index in [4.69, 9.17) is 18.9 Å². The van der Waals surface area contributed by atoms with Crippen molar-refractivity contribution in [1.82, 2.24) is 31.9 Å². The molecule has 6 amide bonds. The summed E-state index contributed by atoms with van der Waals surface area (Å²) in [6.45, 7) is -1.14. The van der Waals surface area contributed by atoms with Crippen molar-refractivity contribution >= 4 is 93.1 Å². The van der Waals surface area contributed by atoms with Crippen molar-refractivity contribution in [2.24, 2.45) is 0 Å². The number of ether oxygens (including phenoxy) is 6. The molecule has 6 N–H and O–H groups in total. The lowest BCUT2D eigenvalue weighted by atomic mass is 10.1. The van der Waals surface area contributed by atoms with Crippen LogP contribution in [0.1, 0.15) is 24.0 Å². The summed E-state index contributed by atoms with van der Waals surface area (Å²) in [5, 5.41) is 14.3. The monoisotopic (exact) mass is 960 g/mol. The van der Waals surface area contributed by atoms with Gasteiger partial charge in [0.05, 0.1) is 55.5 Å². The molecule has 0 unspecified atom stereocenters. The average molecular weight is 961 g/mol. The van der Waals surface area contributed by atoms with E-state index in [-0.39, 0.29) is 11.5 Å². The molecule has 66 heavy (non-hydrogen) atoms. The third-order valence-electron chi connectivity index (χ3n) is 8.59. The smallest absolute Gasteiger partial charge is 0.328 e. The minimum atomic E-state index is -1.49. The molecule has 0 aromatic heterocycles. The number of hydrogen-bond donors (Lipinski definition) is 6. The van der Waals surface area contributed by atoms with Crippen LogP contribution in [0.25, 0.3) is 12.2 Å². The van der Waals surface area contributed by atoms with Gasteiger partial charge in [0.2, 0.25) is 35.4 Å². The largest absolute Gasteiger partial charge is 0.497 e.